The molecule has 0 saturated carbocycles. The Hall–Kier alpha value is -1.43. The van der Waals surface area contributed by atoms with Gasteiger partial charge in [0.25, 0.3) is 5.91 Å². The quantitative estimate of drug-likeness (QED) is 0.833. The number of amides is 2. The van der Waals surface area contributed by atoms with Crippen LogP contribution in [0.3, 0.4) is 0 Å². The summed E-state index contributed by atoms with van der Waals surface area (Å²) in [4.78, 5) is 29.1. The van der Waals surface area contributed by atoms with Crippen molar-refractivity contribution in [2.45, 2.75) is 12.8 Å². The molecule has 0 aliphatic carbocycles. The van der Waals surface area contributed by atoms with Gasteiger partial charge in [0.1, 0.15) is 4.60 Å². The van der Waals surface area contributed by atoms with Gasteiger partial charge in [-0.2, -0.15) is 0 Å². The zero-order chi connectivity index (χ0) is 13.1. The molecule has 1 aromatic heterocycles. The number of piperidine rings is 1. The molecule has 6 heteroatoms. The third kappa shape index (κ3) is 2.69. The standard InChI is InChI=1S/C12H14BrN3O2/c13-10-9(2-1-5-15-10)12(18)16-6-3-8(4-7-16)11(14)17/h1-2,5,8H,3-4,6-7H2,(H2,14,17). The number of aromatic nitrogens is 1. The van der Waals surface area contributed by atoms with E-state index in [-0.39, 0.29) is 17.7 Å². The Kier molecular flexibility index (Phi) is 3.96. The zero-order valence-electron chi connectivity index (χ0n) is 9.80. The van der Waals surface area contributed by atoms with Gasteiger partial charge < -0.3 is 10.6 Å². The van der Waals surface area contributed by atoms with Crippen LogP contribution in [0.5, 0.6) is 0 Å². The number of carbonyl (C=O) groups is 2. The first-order valence-electron chi connectivity index (χ1n) is 5.78. The Labute approximate surface area is 113 Å². The lowest BCUT2D eigenvalue weighted by atomic mass is 9.96. The van der Waals surface area contributed by atoms with Crippen molar-refractivity contribution in [3.05, 3.63) is 28.5 Å². The molecule has 1 fully saturated rings. The van der Waals surface area contributed by atoms with Gasteiger partial charge in [-0.1, -0.05) is 0 Å². The second-order valence-corrected chi connectivity index (χ2v) is 5.06. The van der Waals surface area contributed by atoms with E-state index < -0.39 is 0 Å². The lowest BCUT2D eigenvalue weighted by Crippen LogP contribution is -2.41. The highest BCUT2D eigenvalue weighted by Gasteiger charge is 2.27. The summed E-state index contributed by atoms with van der Waals surface area (Å²) in [5.41, 5.74) is 5.82. The average molecular weight is 312 g/mol. The summed E-state index contributed by atoms with van der Waals surface area (Å²) < 4.78 is 0.548. The van der Waals surface area contributed by atoms with E-state index in [9.17, 15) is 9.59 Å². The maximum Gasteiger partial charge on any atom is 0.256 e. The normalized spacial score (nSPS) is 16.6. The van der Waals surface area contributed by atoms with E-state index in [1.54, 1.807) is 23.2 Å². The lowest BCUT2D eigenvalue weighted by Gasteiger charge is -2.30. The van der Waals surface area contributed by atoms with E-state index in [0.717, 1.165) is 0 Å². The molecule has 1 aliphatic heterocycles. The molecule has 0 bridgehead atoms. The van der Waals surface area contributed by atoms with E-state index in [4.69, 9.17) is 5.73 Å². The Bertz CT molecular complexity index is 470. The van der Waals surface area contributed by atoms with Crippen LogP contribution in [0.15, 0.2) is 22.9 Å². The predicted molar refractivity (Wildman–Crippen MR) is 69.8 cm³/mol. The first-order chi connectivity index (χ1) is 8.59. The largest absolute Gasteiger partial charge is 0.369 e. The number of rotatable bonds is 2. The average Bonchev–Trinajstić information content (AvgIpc) is 2.38. The number of pyridine rings is 1. The van der Waals surface area contributed by atoms with Crippen molar-refractivity contribution in [1.82, 2.24) is 9.88 Å². The number of nitrogens with zero attached hydrogens (tertiary/aromatic N) is 2. The monoisotopic (exact) mass is 311 g/mol. The summed E-state index contributed by atoms with van der Waals surface area (Å²) in [7, 11) is 0. The highest BCUT2D eigenvalue weighted by atomic mass is 79.9. The number of likely N-dealkylation sites (tertiary alicyclic amines) is 1. The van der Waals surface area contributed by atoms with Crippen LogP contribution < -0.4 is 5.73 Å². The van der Waals surface area contributed by atoms with Crippen molar-refractivity contribution in [3.63, 3.8) is 0 Å². The van der Waals surface area contributed by atoms with Gasteiger partial charge in [0.15, 0.2) is 0 Å². The van der Waals surface area contributed by atoms with E-state index >= 15 is 0 Å². The lowest BCUT2D eigenvalue weighted by molar-refractivity contribution is -0.123. The SMILES string of the molecule is NC(=O)C1CCN(C(=O)c2cccnc2Br)CC1. The summed E-state index contributed by atoms with van der Waals surface area (Å²) in [6.45, 7) is 1.13. The molecule has 0 spiro atoms. The van der Waals surface area contributed by atoms with Gasteiger partial charge in [0.05, 0.1) is 5.56 Å². The van der Waals surface area contributed by atoms with Crippen LogP contribution in [0.2, 0.25) is 0 Å². The van der Waals surface area contributed by atoms with Crippen molar-refractivity contribution in [2.75, 3.05) is 13.1 Å². The number of primary amides is 1. The minimum absolute atomic E-state index is 0.0575. The van der Waals surface area contributed by atoms with Crippen molar-refractivity contribution < 1.29 is 9.59 Å². The van der Waals surface area contributed by atoms with Crippen molar-refractivity contribution in [2.24, 2.45) is 11.7 Å². The smallest absolute Gasteiger partial charge is 0.256 e. The molecule has 2 N–H and O–H groups in total. The van der Waals surface area contributed by atoms with Crippen LogP contribution in [-0.4, -0.2) is 34.8 Å². The third-order valence-electron chi connectivity index (χ3n) is 3.17. The Morgan fingerprint density at radius 3 is 2.61 bits per heavy atom. The Balaban J connectivity index is 2.04. The number of nitrogens with two attached hydrogens (primary N) is 1. The van der Waals surface area contributed by atoms with Gasteiger partial charge >= 0.3 is 0 Å². The maximum atomic E-state index is 12.2. The van der Waals surface area contributed by atoms with Gasteiger partial charge in [-0.15, -0.1) is 0 Å². The summed E-state index contributed by atoms with van der Waals surface area (Å²) in [6.07, 6.45) is 2.90. The summed E-state index contributed by atoms with van der Waals surface area (Å²) in [5.74, 6) is -0.436. The zero-order valence-corrected chi connectivity index (χ0v) is 11.4. The van der Waals surface area contributed by atoms with Crippen LogP contribution in [0.4, 0.5) is 0 Å². The van der Waals surface area contributed by atoms with Gasteiger partial charge in [-0.3, -0.25) is 9.59 Å². The van der Waals surface area contributed by atoms with Crippen LogP contribution in [-0.2, 0) is 4.79 Å². The molecule has 0 radical (unpaired) electrons. The van der Waals surface area contributed by atoms with E-state index in [1.165, 1.54) is 0 Å². The molecule has 1 saturated heterocycles. The van der Waals surface area contributed by atoms with Crippen LogP contribution >= 0.6 is 15.9 Å². The molecular formula is C12H14BrN3O2. The predicted octanol–water partition coefficient (Wildman–Crippen LogP) is 1.18. The summed E-state index contributed by atoms with van der Waals surface area (Å²) in [6, 6.07) is 3.47. The van der Waals surface area contributed by atoms with E-state index in [2.05, 4.69) is 20.9 Å². The van der Waals surface area contributed by atoms with Crippen molar-refractivity contribution >= 4 is 27.7 Å². The molecule has 96 valence electrons. The Morgan fingerprint density at radius 2 is 2.06 bits per heavy atom. The topological polar surface area (TPSA) is 76.3 Å². The van der Waals surface area contributed by atoms with Gasteiger partial charge in [0.2, 0.25) is 5.91 Å². The molecule has 0 atom stereocenters. The minimum atomic E-state index is -0.273. The molecule has 1 aliphatic rings. The van der Waals surface area contributed by atoms with Crippen LogP contribution in [0, 0.1) is 5.92 Å². The molecule has 2 rings (SSSR count). The second-order valence-electron chi connectivity index (χ2n) is 4.31. The summed E-state index contributed by atoms with van der Waals surface area (Å²) in [5, 5.41) is 0. The van der Waals surface area contributed by atoms with Gasteiger partial charge in [0, 0.05) is 25.2 Å². The molecule has 18 heavy (non-hydrogen) atoms. The molecule has 2 heterocycles. The molecule has 5 nitrogen and oxygen atoms in total. The fourth-order valence-corrected chi connectivity index (χ4v) is 2.50. The van der Waals surface area contributed by atoms with Crippen molar-refractivity contribution in [1.29, 1.82) is 0 Å². The second kappa shape index (κ2) is 5.48. The number of hydrogen-bond donors (Lipinski definition) is 1. The Morgan fingerprint density at radius 1 is 1.39 bits per heavy atom. The maximum absolute atomic E-state index is 12.2. The molecule has 1 aromatic rings. The number of carbonyl (C=O) groups excluding carboxylic acids is 2. The molecule has 0 unspecified atom stereocenters. The van der Waals surface area contributed by atoms with Gasteiger partial charge in [-0.25, -0.2) is 4.98 Å². The summed E-state index contributed by atoms with van der Waals surface area (Å²) >= 11 is 3.27. The van der Waals surface area contributed by atoms with E-state index in [0.29, 0.717) is 36.1 Å². The first-order valence-corrected chi connectivity index (χ1v) is 6.58. The van der Waals surface area contributed by atoms with Crippen molar-refractivity contribution in [3.8, 4) is 0 Å². The molecule has 0 aromatic carbocycles. The third-order valence-corrected chi connectivity index (χ3v) is 3.81. The van der Waals surface area contributed by atoms with E-state index in [1.807, 2.05) is 0 Å². The first kappa shape index (κ1) is 13.0. The van der Waals surface area contributed by atoms with Crippen LogP contribution in [0.1, 0.15) is 23.2 Å². The number of hydrogen-bond acceptors (Lipinski definition) is 3. The molecular weight excluding hydrogens is 298 g/mol. The fraction of sp³-hybridized carbons (Fsp3) is 0.417. The van der Waals surface area contributed by atoms with Gasteiger partial charge in [-0.05, 0) is 40.9 Å². The van der Waals surface area contributed by atoms with Crippen LogP contribution in [0.25, 0.3) is 0 Å². The number of halogens is 1. The highest BCUT2D eigenvalue weighted by molar-refractivity contribution is 9.10. The fourth-order valence-electron chi connectivity index (χ4n) is 2.08. The highest BCUT2D eigenvalue weighted by Crippen LogP contribution is 2.21. The molecule has 2 amide bonds. The minimum Gasteiger partial charge on any atom is -0.369 e.